The fourth-order valence-corrected chi connectivity index (χ4v) is 1.74. The Morgan fingerprint density at radius 3 is 2.69 bits per heavy atom. The van der Waals surface area contributed by atoms with Crippen LogP contribution in [-0.4, -0.2) is 12.1 Å². The SMILES string of the molecule is C=C(C)C(=O)OC1CCCC(C)C1. The van der Waals surface area contributed by atoms with Gasteiger partial charge in [0, 0.05) is 5.57 Å². The van der Waals surface area contributed by atoms with Crippen LogP contribution in [0.4, 0.5) is 0 Å². The Balaban J connectivity index is 2.36. The smallest absolute Gasteiger partial charge is 0.333 e. The molecule has 0 radical (unpaired) electrons. The summed E-state index contributed by atoms with van der Waals surface area (Å²) in [6.07, 6.45) is 4.60. The molecule has 1 aliphatic rings. The topological polar surface area (TPSA) is 26.3 Å². The van der Waals surface area contributed by atoms with E-state index in [1.54, 1.807) is 6.92 Å². The fourth-order valence-electron chi connectivity index (χ4n) is 1.74. The third-order valence-corrected chi connectivity index (χ3v) is 2.51. The van der Waals surface area contributed by atoms with Crippen LogP contribution in [0.5, 0.6) is 0 Å². The number of carbonyl (C=O) groups excluding carboxylic acids is 1. The Hall–Kier alpha value is -0.790. The molecule has 0 aliphatic heterocycles. The van der Waals surface area contributed by atoms with Crippen molar-refractivity contribution >= 4 is 5.97 Å². The molecule has 2 nitrogen and oxygen atoms in total. The van der Waals surface area contributed by atoms with Gasteiger partial charge in [0.15, 0.2) is 0 Å². The van der Waals surface area contributed by atoms with Gasteiger partial charge in [-0.25, -0.2) is 4.79 Å². The van der Waals surface area contributed by atoms with Gasteiger partial charge in [0.05, 0.1) is 0 Å². The van der Waals surface area contributed by atoms with Crippen LogP contribution in [0, 0.1) is 5.92 Å². The summed E-state index contributed by atoms with van der Waals surface area (Å²) in [6.45, 7) is 7.46. The number of esters is 1. The lowest BCUT2D eigenvalue weighted by Crippen LogP contribution is -2.24. The van der Waals surface area contributed by atoms with E-state index in [-0.39, 0.29) is 12.1 Å². The molecule has 13 heavy (non-hydrogen) atoms. The summed E-state index contributed by atoms with van der Waals surface area (Å²) in [4.78, 5) is 11.2. The van der Waals surface area contributed by atoms with Gasteiger partial charge in [0.1, 0.15) is 6.10 Å². The van der Waals surface area contributed by atoms with Gasteiger partial charge in [-0.15, -0.1) is 0 Å². The van der Waals surface area contributed by atoms with Gasteiger partial charge in [0.25, 0.3) is 0 Å². The molecule has 0 saturated heterocycles. The van der Waals surface area contributed by atoms with E-state index in [1.165, 1.54) is 12.8 Å². The second kappa shape index (κ2) is 4.45. The highest BCUT2D eigenvalue weighted by Gasteiger charge is 2.21. The van der Waals surface area contributed by atoms with Crippen molar-refractivity contribution in [3.63, 3.8) is 0 Å². The predicted molar refractivity (Wildman–Crippen MR) is 52.3 cm³/mol. The lowest BCUT2D eigenvalue weighted by atomic mass is 9.89. The Labute approximate surface area is 80.0 Å². The van der Waals surface area contributed by atoms with Crippen molar-refractivity contribution in [3.8, 4) is 0 Å². The van der Waals surface area contributed by atoms with E-state index < -0.39 is 0 Å². The molecule has 2 unspecified atom stereocenters. The van der Waals surface area contributed by atoms with Crippen molar-refractivity contribution in [2.24, 2.45) is 5.92 Å². The molecule has 1 rings (SSSR count). The predicted octanol–water partition coefficient (Wildman–Crippen LogP) is 2.68. The standard InChI is InChI=1S/C11H18O2/c1-8(2)11(12)13-10-6-4-5-9(3)7-10/h9-10H,1,4-7H2,2-3H3. The van der Waals surface area contributed by atoms with Crippen LogP contribution in [0.1, 0.15) is 39.5 Å². The molecule has 2 heteroatoms. The molecule has 2 atom stereocenters. The fraction of sp³-hybridized carbons (Fsp3) is 0.727. The molecular formula is C11H18O2. The van der Waals surface area contributed by atoms with Crippen molar-refractivity contribution in [1.82, 2.24) is 0 Å². The van der Waals surface area contributed by atoms with Gasteiger partial charge < -0.3 is 4.74 Å². The molecule has 0 spiro atoms. The molecule has 1 fully saturated rings. The maximum atomic E-state index is 11.2. The van der Waals surface area contributed by atoms with Crippen LogP contribution in [0.25, 0.3) is 0 Å². The first-order valence-corrected chi connectivity index (χ1v) is 4.96. The summed E-state index contributed by atoms with van der Waals surface area (Å²) in [7, 11) is 0. The van der Waals surface area contributed by atoms with Gasteiger partial charge in [-0.2, -0.15) is 0 Å². The monoisotopic (exact) mass is 182 g/mol. The zero-order chi connectivity index (χ0) is 9.84. The Bertz CT molecular complexity index is 208. The molecule has 1 saturated carbocycles. The molecule has 1 aliphatic carbocycles. The van der Waals surface area contributed by atoms with Gasteiger partial charge >= 0.3 is 5.97 Å². The summed E-state index contributed by atoms with van der Waals surface area (Å²) in [5.41, 5.74) is 0.498. The second-order valence-corrected chi connectivity index (χ2v) is 4.08. The molecule has 0 amide bonds. The van der Waals surface area contributed by atoms with Gasteiger partial charge in [-0.3, -0.25) is 0 Å². The molecule has 0 aromatic carbocycles. The number of carbonyl (C=O) groups is 1. The average molecular weight is 182 g/mol. The number of hydrogen-bond acceptors (Lipinski definition) is 2. The summed E-state index contributed by atoms with van der Waals surface area (Å²) < 4.78 is 5.28. The van der Waals surface area contributed by atoms with E-state index in [2.05, 4.69) is 13.5 Å². The zero-order valence-corrected chi connectivity index (χ0v) is 8.51. The first kappa shape index (κ1) is 10.3. The average Bonchev–Trinajstić information content (AvgIpc) is 2.04. The van der Waals surface area contributed by atoms with Gasteiger partial charge in [-0.1, -0.05) is 19.9 Å². The van der Waals surface area contributed by atoms with Crippen LogP contribution < -0.4 is 0 Å². The van der Waals surface area contributed by atoms with Gasteiger partial charge in [-0.05, 0) is 32.1 Å². The maximum Gasteiger partial charge on any atom is 0.333 e. The Kier molecular flexibility index (Phi) is 3.52. The summed E-state index contributed by atoms with van der Waals surface area (Å²) in [5.74, 6) is 0.454. The molecule has 74 valence electrons. The number of ether oxygens (including phenoxy) is 1. The minimum absolute atomic E-state index is 0.132. The lowest BCUT2D eigenvalue weighted by Gasteiger charge is -2.26. The Morgan fingerprint density at radius 1 is 1.46 bits per heavy atom. The minimum atomic E-state index is -0.237. The molecule has 0 aromatic rings. The summed E-state index contributed by atoms with van der Waals surface area (Å²) in [5, 5.41) is 0. The third kappa shape index (κ3) is 3.21. The second-order valence-electron chi connectivity index (χ2n) is 4.08. The van der Waals surface area contributed by atoms with Gasteiger partial charge in [0.2, 0.25) is 0 Å². The third-order valence-electron chi connectivity index (χ3n) is 2.51. The van der Waals surface area contributed by atoms with Crippen molar-refractivity contribution in [2.75, 3.05) is 0 Å². The zero-order valence-electron chi connectivity index (χ0n) is 8.51. The number of rotatable bonds is 2. The molecular weight excluding hydrogens is 164 g/mol. The summed E-state index contributed by atoms with van der Waals surface area (Å²) >= 11 is 0. The Morgan fingerprint density at radius 2 is 2.15 bits per heavy atom. The van der Waals surface area contributed by atoms with Crippen molar-refractivity contribution in [3.05, 3.63) is 12.2 Å². The van der Waals surface area contributed by atoms with E-state index in [1.807, 2.05) is 0 Å². The molecule has 0 bridgehead atoms. The van der Waals surface area contributed by atoms with Crippen LogP contribution in [0.15, 0.2) is 12.2 Å². The van der Waals surface area contributed by atoms with E-state index in [4.69, 9.17) is 4.74 Å². The van der Waals surface area contributed by atoms with Crippen molar-refractivity contribution < 1.29 is 9.53 Å². The lowest BCUT2D eigenvalue weighted by molar-refractivity contribution is -0.146. The quantitative estimate of drug-likeness (QED) is 0.485. The van der Waals surface area contributed by atoms with E-state index in [0.717, 1.165) is 12.8 Å². The molecule has 0 aromatic heterocycles. The van der Waals surface area contributed by atoms with E-state index in [0.29, 0.717) is 11.5 Å². The summed E-state index contributed by atoms with van der Waals surface area (Å²) in [6, 6.07) is 0. The highest BCUT2D eigenvalue weighted by molar-refractivity contribution is 5.87. The minimum Gasteiger partial charge on any atom is -0.459 e. The molecule has 0 N–H and O–H groups in total. The van der Waals surface area contributed by atoms with Crippen LogP contribution in [0.2, 0.25) is 0 Å². The largest absolute Gasteiger partial charge is 0.459 e. The molecule has 0 heterocycles. The normalized spacial score (nSPS) is 28.2. The van der Waals surface area contributed by atoms with Crippen LogP contribution >= 0.6 is 0 Å². The highest BCUT2D eigenvalue weighted by Crippen LogP contribution is 2.26. The van der Waals surface area contributed by atoms with Crippen molar-refractivity contribution in [2.45, 2.75) is 45.6 Å². The van der Waals surface area contributed by atoms with E-state index >= 15 is 0 Å². The number of hydrogen-bond donors (Lipinski definition) is 0. The van der Waals surface area contributed by atoms with E-state index in [9.17, 15) is 4.79 Å². The van der Waals surface area contributed by atoms with Crippen LogP contribution in [0.3, 0.4) is 0 Å². The van der Waals surface area contributed by atoms with Crippen LogP contribution in [-0.2, 0) is 9.53 Å². The highest BCUT2D eigenvalue weighted by atomic mass is 16.5. The maximum absolute atomic E-state index is 11.2. The van der Waals surface area contributed by atoms with Crippen molar-refractivity contribution in [1.29, 1.82) is 0 Å². The first-order chi connectivity index (χ1) is 6.09. The first-order valence-electron chi connectivity index (χ1n) is 4.96.